The van der Waals surface area contributed by atoms with Crippen molar-refractivity contribution in [3.8, 4) is 5.75 Å². The van der Waals surface area contributed by atoms with E-state index < -0.39 is 11.8 Å². The van der Waals surface area contributed by atoms with Crippen LogP contribution >= 0.6 is 0 Å². The molecular formula is C15H16O4. The molecule has 2 atom stereocenters. The molecule has 1 aliphatic carbocycles. The quantitative estimate of drug-likeness (QED) is 0.619. The minimum absolute atomic E-state index is 0.223. The number of benzene rings is 1. The molecule has 0 N–H and O–H groups in total. The number of methoxy groups -OCH3 is 1. The Morgan fingerprint density at radius 2 is 2.42 bits per heavy atom. The molecule has 0 spiro atoms. The molecule has 0 aromatic heterocycles. The lowest BCUT2D eigenvalue weighted by atomic mass is 9.75. The molecule has 4 heteroatoms. The second-order valence-corrected chi connectivity index (χ2v) is 4.90. The lowest BCUT2D eigenvalue weighted by molar-refractivity contribution is 0.0162. The molecule has 1 saturated heterocycles. The maximum atomic E-state index is 11.5. The second kappa shape index (κ2) is 4.30. The molecule has 1 aromatic carbocycles. The Bertz CT molecular complexity index is 537. The van der Waals surface area contributed by atoms with Crippen LogP contribution in [0, 0.1) is 0 Å². The summed E-state index contributed by atoms with van der Waals surface area (Å²) in [7, 11) is 1.64. The smallest absolute Gasteiger partial charge is 0.497 e. The minimum atomic E-state index is -0.710. The molecule has 0 unspecified atom stereocenters. The van der Waals surface area contributed by atoms with Crippen LogP contribution in [0.25, 0.3) is 0 Å². The summed E-state index contributed by atoms with van der Waals surface area (Å²) in [5.41, 5.74) is 1.45. The maximum absolute atomic E-state index is 11.5. The first-order chi connectivity index (χ1) is 9.19. The molecule has 100 valence electrons. The fourth-order valence-corrected chi connectivity index (χ4v) is 3.07. The monoisotopic (exact) mass is 260 g/mol. The third-order valence-corrected chi connectivity index (χ3v) is 3.92. The van der Waals surface area contributed by atoms with E-state index in [1.165, 1.54) is 0 Å². The number of aryl methyl sites for hydroxylation is 1. The summed E-state index contributed by atoms with van der Waals surface area (Å²) in [6, 6.07) is 5.85. The Labute approximate surface area is 112 Å². The predicted octanol–water partition coefficient (Wildman–Crippen LogP) is 2.95. The van der Waals surface area contributed by atoms with Crippen LogP contribution in [0.5, 0.6) is 5.75 Å². The van der Waals surface area contributed by atoms with Crippen LogP contribution in [-0.2, 0) is 21.5 Å². The van der Waals surface area contributed by atoms with Crippen LogP contribution in [-0.4, -0.2) is 19.4 Å². The van der Waals surface area contributed by atoms with Gasteiger partial charge < -0.3 is 14.2 Å². The van der Waals surface area contributed by atoms with Crippen molar-refractivity contribution >= 4 is 6.16 Å². The van der Waals surface area contributed by atoms with Crippen molar-refractivity contribution in [3.63, 3.8) is 0 Å². The van der Waals surface area contributed by atoms with E-state index in [-0.39, 0.29) is 6.10 Å². The van der Waals surface area contributed by atoms with Gasteiger partial charge in [0.05, 0.1) is 7.11 Å². The molecule has 1 fully saturated rings. The Kier molecular flexibility index (Phi) is 2.73. The van der Waals surface area contributed by atoms with Crippen molar-refractivity contribution in [2.45, 2.75) is 31.0 Å². The van der Waals surface area contributed by atoms with Crippen molar-refractivity contribution in [2.75, 3.05) is 7.11 Å². The van der Waals surface area contributed by atoms with Gasteiger partial charge in [-0.05, 0) is 30.5 Å². The first-order valence-electron chi connectivity index (χ1n) is 6.37. The lowest BCUT2D eigenvalue weighted by Crippen LogP contribution is -2.41. The van der Waals surface area contributed by atoms with E-state index in [4.69, 9.17) is 14.2 Å². The summed E-state index contributed by atoms with van der Waals surface area (Å²) in [6.45, 7) is 3.77. The fraction of sp³-hybridized carbons (Fsp3) is 0.400. The molecule has 0 amide bonds. The molecule has 3 rings (SSSR count). The average Bonchev–Trinajstić information content (AvgIpc) is 2.74. The molecular weight excluding hydrogens is 244 g/mol. The molecule has 19 heavy (non-hydrogen) atoms. The standard InChI is InChI=1S/C15H16O4/c1-3-8-15-12-6-5-11(17-2)9-10(12)4-7-13(15)18-14(16)19-15/h3,5-6,9,13H,1,4,7-8H2,2H3/t13-,15+/m1/s1. The zero-order valence-electron chi connectivity index (χ0n) is 10.8. The number of hydrogen-bond donors (Lipinski definition) is 0. The van der Waals surface area contributed by atoms with Gasteiger partial charge in [0.15, 0.2) is 11.7 Å². The summed E-state index contributed by atoms with van der Waals surface area (Å²) in [6.07, 6.45) is 3.14. The highest BCUT2D eigenvalue weighted by atomic mass is 16.8. The molecule has 0 saturated carbocycles. The molecule has 4 nitrogen and oxygen atoms in total. The fourth-order valence-electron chi connectivity index (χ4n) is 3.07. The van der Waals surface area contributed by atoms with E-state index in [0.29, 0.717) is 6.42 Å². The van der Waals surface area contributed by atoms with Crippen LogP contribution in [0.4, 0.5) is 4.79 Å². The first kappa shape index (κ1) is 12.1. The predicted molar refractivity (Wildman–Crippen MR) is 69.2 cm³/mol. The van der Waals surface area contributed by atoms with Gasteiger partial charge in [0.25, 0.3) is 0 Å². The van der Waals surface area contributed by atoms with Crippen molar-refractivity contribution < 1.29 is 19.0 Å². The minimum Gasteiger partial charge on any atom is -0.497 e. The summed E-state index contributed by atoms with van der Waals surface area (Å²) in [4.78, 5) is 11.5. The van der Waals surface area contributed by atoms with Crippen LogP contribution in [0.1, 0.15) is 24.0 Å². The summed E-state index contributed by atoms with van der Waals surface area (Å²) >= 11 is 0. The van der Waals surface area contributed by atoms with Crippen molar-refractivity contribution in [2.24, 2.45) is 0 Å². The van der Waals surface area contributed by atoms with Gasteiger partial charge in [-0.25, -0.2) is 4.79 Å². The van der Waals surface area contributed by atoms with Crippen molar-refractivity contribution in [1.29, 1.82) is 0 Å². The maximum Gasteiger partial charge on any atom is 0.509 e. The van der Waals surface area contributed by atoms with Gasteiger partial charge in [-0.2, -0.15) is 0 Å². The van der Waals surface area contributed by atoms with E-state index in [0.717, 1.165) is 29.7 Å². The van der Waals surface area contributed by atoms with Gasteiger partial charge >= 0.3 is 6.16 Å². The van der Waals surface area contributed by atoms with Crippen molar-refractivity contribution in [1.82, 2.24) is 0 Å². The number of rotatable bonds is 3. The highest BCUT2D eigenvalue weighted by Gasteiger charge is 2.54. The summed E-state index contributed by atoms with van der Waals surface area (Å²) < 4.78 is 16.1. The van der Waals surface area contributed by atoms with E-state index >= 15 is 0 Å². The Hall–Kier alpha value is -1.97. The Morgan fingerprint density at radius 1 is 1.58 bits per heavy atom. The number of hydrogen-bond acceptors (Lipinski definition) is 4. The zero-order valence-corrected chi connectivity index (χ0v) is 10.8. The summed E-state index contributed by atoms with van der Waals surface area (Å²) in [5.74, 6) is 0.816. The van der Waals surface area contributed by atoms with Crippen LogP contribution in [0.3, 0.4) is 0 Å². The van der Waals surface area contributed by atoms with Gasteiger partial charge in [-0.3, -0.25) is 0 Å². The van der Waals surface area contributed by atoms with Crippen molar-refractivity contribution in [3.05, 3.63) is 42.0 Å². The van der Waals surface area contributed by atoms with Gasteiger partial charge in [0.1, 0.15) is 5.75 Å². The van der Waals surface area contributed by atoms with Gasteiger partial charge in [-0.15, -0.1) is 6.58 Å². The molecule has 1 aliphatic heterocycles. The second-order valence-electron chi connectivity index (χ2n) is 4.90. The highest BCUT2D eigenvalue weighted by Crippen LogP contribution is 2.47. The third-order valence-electron chi connectivity index (χ3n) is 3.92. The average molecular weight is 260 g/mol. The van der Waals surface area contributed by atoms with Gasteiger partial charge in [0, 0.05) is 12.0 Å². The molecule has 2 aliphatic rings. The molecule has 1 aromatic rings. The third kappa shape index (κ3) is 1.70. The topological polar surface area (TPSA) is 44.8 Å². The Balaban J connectivity index is 2.12. The molecule has 1 heterocycles. The van der Waals surface area contributed by atoms with Crippen LogP contribution < -0.4 is 4.74 Å². The van der Waals surface area contributed by atoms with E-state index in [9.17, 15) is 4.79 Å². The number of carbonyl (C=O) groups is 1. The zero-order chi connectivity index (χ0) is 13.5. The van der Waals surface area contributed by atoms with Crippen LogP contribution in [0.2, 0.25) is 0 Å². The van der Waals surface area contributed by atoms with Gasteiger partial charge in [0.2, 0.25) is 0 Å². The number of carbonyl (C=O) groups excluding carboxylic acids is 1. The highest BCUT2D eigenvalue weighted by molar-refractivity contribution is 5.65. The van der Waals surface area contributed by atoms with E-state index in [2.05, 4.69) is 6.58 Å². The SMILES string of the molecule is C=CC[C@@]12OC(=O)O[C@@H]1CCc1cc(OC)ccc12. The largest absolute Gasteiger partial charge is 0.509 e. The normalized spacial score (nSPS) is 27.8. The van der Waals surface area contributed by atoms with E-state index in [1.54, 1.807) is 13.2 Å². The first-order valence-corrected chi connectivity index (χ1v) is 6.37. The number of fused-ring (bicyclic) bond motifs is 3. The molecule has 0 radical (unpaired) electrons. The van der Waals surface area contributed by atoms with E-state index in [1.807, 2.05) is 18.2 Å². The summed E-state index contributed by atoms with van der Waals surface area (Å²) in [5, 5.41) is 0. The van der Waals surface area contributed by atoms with Crippen LogP contribution in [0.15, 0.2) is 30.9 Å². The number of ether oxygens (including phenoxy) is 3. The lowest BCUT2D eigenvalue weighted by Gasteiger charge is -2.36. The van der Waals surface area contributed by atoms with Gasteiger partial charge in [-0.1, -0.05) is 12.1 Å². The Morgan fingerprint density at radius 3 is 3.16 bits per heavy atom. The molecule has 0 bridgehead atoms.